The van der Waals surface area contributed by atoms with Crippen LogP contribution in [0.15, 0.2) is 10.9 Å². The minimum absolute atomic E-state index is 0.583. The first-order chi connectivity index (χ1) is 9.23. The highest BCUT2D eigenvalue weighted by Gasteiger charge is 2.36. The highest BCUT2D eigenvalue weighted by atomic mass is 32.2. The molecule has 0 aliphatic rings. The van der Waals surface area contributed by atoms with E-state index in [0.29, 0.717) is 0 Å². The van der Waals surface area contributed by atoms with Crippen LogP contribution in [-0.2, 0) is 16.9 Å². The van der Waals surface area contributed by atoms with Gasteiger partial charge in [0.05, 0.1) is 0 Å². The van der Waals surface area contributed by atoms with Gasteiger partial charge in [0.1, 0.15) is 10.3 Å². The van der Waals surface area contributed by atoms with Crippen LogP contribution in [0, 0.1) is 0 Å². The molecule has 0 radical (unpaired) electrons. The Labute approximate surface area is 101 Å². The van der Waals surface area contributed by atoms with Gasteiger partial charge in [0.15, 0.2) is 5.82 Å². The highest BCUT2D eigenvalue weighted by Crippen LogP contribution is 2.22. The molecule has 6 heteroatoms. The average Bonchev–Trinajstić information content (AvgIpc) is 2.73. The predicted octanol–water partition coefficient (Wildman–Crippen LogP) is 1.36. The first kappa shape index (κ1) is 6.22. The van der Waals surface area contributed by atoms with E-state index in [1.165, 1.54) is 0 Å². The maximum Gasteiger partial charge on any atom is 0.213 e. The van der Waals surface area contributed by atoms with E-state index < -0.39 is 41.2 Å². The van der Waals surface area contributed by atoms with E-state index in [-0.39, 0.29) is 0 Å². The summed E-state index contributed by atoms with van der Waals surface area (Å²) < 4.78 is 63.8. The summed E-state index contributed by atoms with van der Waals surface area (Å²) >= 11 is -1.98. The topological polar surface area (TPSA) is 74.0 Å². The Bertz CT molecular complexity index is 453. The van der Waals surface area contributed by atoms with Gasteiger partial charge in [0.25, 0.3) is 0 Å². The van der Waals surface area contributed by atoms with Gasteiger partial charge in [-0.2, -0.15) is 4.98 Å². The standard InChI is InChI=1S/C9H17N3O2S/c1-8(2,3)15(13)12-9(4,5)7-10-6-14-11-7/h6,12H,1-5H3/t15-/m0/s1/i4D3,5D3. The number of hydrogen-bond donors (Lipinski definition) is 1. The molecule has 1 rings (SSSR count). The molecule has 0 aliphatic carbocycles. The van der Waals surface area contributed by atoms with E-state index >= 15 is 0 Å². The van der Waals surface area contributed by atoms with Gasteiger partial charge in [-0.25, -0.2) is 0 Å². The zero-order valence-corrected chi connectivity index (χ0v) is 9.51. The number of nitrogens with one attached hydrogen (secondary N) is 1. The second kappa shape index (κ2) is 4.11. The molecule has 0 aromatic carbocycles. The molecule has 0 fully saturated rings. The third kappa shape index (κ3) is 3.19. The number of hydrogen-bond acceptors (Lipinski definition) is 5. The molecule has 1 N–H and O–H groups in total. The summed E-state index contributed by atoms with van der Waals surface area (Å²) in [6, 6.07) is 0. The second-order valence-corrected chi connectivity index (χ2v) is 5.95. The van der Waals surface area contributed by atoms with Crippen LogP contribution in [0.4, 0.5) is 0 Å². The van der Waals surface area contributed by atoms with Crippen LogP contribution < -0.4 is 4.72 Å². The van der Waals surface area contributed by atoms with Gasteiger partial charge in [0.2, 0.25) is 6.39 Å². The van der Waals surface area contributed by atoms with Gasteiger partial charge in [-0.05, 0) is 34.5 Å². The molecule has 1 aromatic heterocycles. The summed E-state index contributed by atoms with van der Waals surface area (Å²) in [4.78, 5) is 3.56. The van der Waals surface area contributed by atoms with E-state index in [1.807, 2.05) is 0 Å². The van der Waals surface area contributed by atoms with E-state index in [9.17, 15) is 4.55 Å². The van der Waals surface area contributed by atoms with E-state index in [4.69, 9.17) is 8.22 Å². The van der Waals surface area contributed by atoms with Gasteiger partial charge in [0, 0.05) is 19.6 Å². The van der Waals surface area contributed by atoms with Gasteiger partial charge < -0.3 is 9.08 Å². The van der Waals surface area contributed by atoms with Crippen molar-refractivity contribution < 1.29 is 17.3 Å². The Kier molecular flexibility index (Phi) is 1.71. The quantitative estimate of drug-likeness (QED) is 0.803. The molecular formula is C9H17N3O2S. The number of aromatic nitrogens is 2. The Morgan fingerprint density at radius 3 is 2.60 bits per heavy atom. The Hall–Kier alpha value is -0.590. The molecule has 5 nitrogen and oxygen atoms in total. The molecule has 0 unspecified atom stereocenters. The highest BCUT2D eigenvalue weighted by molar-refractivity contribution is 7.90. The fourth-order valence-electron chi connectivity index (χ4n) is 0.674. The summed E-state index contributed by atoms with van der Waals surface area (Å²) in [6.07, 6.45) is 0.823. The van der Waals surface area contributed by atoms with Crippen molar-refractivity contribution in [2.75, 3.05) is 0 Å². The summed E-state index contributed by atoms with van der Waals surface area (Å²) in [6.45, 7) is -1.42. The molecule has 0 saturated carbocycles. The number of rotatable bonds is 3. The lowest BCUT2D eigenvalue weighted by Gasteiger charge is -2.30. The van der Waals surface area contributed by atoms with Crippen LogP contribution in [-0.4, -0.2) is 19.4 Å². The molecule has 0 amide bonds. The van der Waals surface area contributed by atoms with Gasteiger partial charge in [-0.15, -0.1) is 4.72 Å². The van der Waals surface area contributed by atoms with Crippen molar-refractivity contribution in [1.29, 1.82) is 0 Å². The lowest BCUT2D eigenvalue weighted by atomic mass is 10.1. The minimum atomic E-state index is -3.08. The zero-order chi connectivity index (χ0) is 16.7. The molecule has 0 saturated heterocycles. The lowest BCUT2D eigenvalue weighted by molar-refractivity contribution is 0.373. The van der Waals surface area contributed by atoms with Crippen LogP contribution in [0.2, 0.25) is 0 Å². The van der Waals surface area contributed by atoms with Crippen molar-refractivity contribution in [3.05, 3.63) is 12.2 Å². The third-order valence-electron chi connectivity index (χ3n) is 1.50. The van der Waals surface area contributed by atoms with E-state index in [2.05, 4.69) is 19.4 Å². The predicted molar refractivity (Wildman–Crippen MR) is 58.4 cm³/mol. The summed E-state index contributed by atoms with van der Waals surface area (Å²) in [5.41, 5.74) is -2.69. The van der Waals surface area contributed by atoms with Gasteiger partial charge >= 0.3 is 0 Å². The maximum atomic E-state index is 12.3. The van der Waals surface area contributed by atoms with Crippen molar-refractivity contribution in [3.63, 3.8) is 0 Å². The van der Waals surface area contributed by atoms with Crippen LogP contribution in [0.25, 0.3) is 0 Å². The molecule has 1 atom stereocenters. The Balaban J connectivity index is 3.48. The lowest BCUT2D eigenvalue weighted by Crippen LogP contribution is -2.48. The summed E-state index contributed by atoms with van der Waals surface area (Å²) in [5.74, 6) is -0.583. The summed E-state index contributed by atoms with van der Waals surface area (Å²) in [5, 5.41) is 3.35. The van der Waals surface area contributed by atoms with Crippen molar-refractivity contribution in [2.24, 2.45) is 0 Å². The fourth-order valence-corrected chi connectivity index (χ4v) is 1.35. The fraction of sp³-hybridized carbons (Fsp3) is 0.778. The van der Waals surface area contributed by atoms with Crippen LogP contribution in [0.5, 0.6) is 0 Å². The largest absolute Gasteiger partial charge is 0.598 e. The average molecular weight is 237 g/mol. The Morgan fingerprint density at radius 2 is 2.20 bits per heavy atom. The molecule has 0 spiro atoms. The van der Waals surface area contributed by atoms with Crippen LogP contribution in [0.3, 0.4) is 0 Å². The first-order valence-electron chi connectivity index (χ1n) is 7.20. The molecular weight excluding hydrogens is 214 g/mol. The first-order valence-corrected chi connectivity index (χ1v) is 5.35. The minimum Gasteiger partial charge on any atom is -0.598 e. The van der Waals surface area contributed by atoms with Gasteiger partial charge in [-0.3, -0.25) is 0 Å². The SMILES string of the molecule is [2H]C([2H])([2H])C(N[S@@+]([O-])C(C)(C)C)(c1ncon1)C([2H])([2H])[2H]. The van der Waals surface area contributed by atoms with Crippen LogP contribution in [0.1, 0.15) is 48.5 Å². The van der Waals surface area contributed by atoms with Gasteiger partial charge in [-0.1, -0.05) is 5.16 Å². The maximum absolute atomic E-state index is 12.3. The molecule has 1 heterocycles. The smallest absolute Gasteiger partial charge is 0.213 e. The van der Waals surface area contributed by atoms with Crippen molar-refractivity contribution in [3.8, 4) is 0 Å². The molecule has 15 heavy (non-hydrogen) atoms. The van der Waals surface area contributed by atoms with E-state index in [0.717, 1.165) is 6.39 Å². The van der Waals surface area contributed by atoms with Crippen LogP contribution >= 0.6 is 0 Å². The number of nitrogens with zero attached hydrogens (tertiary/aromatic N) is 2. The summed E-state index contributed by atoms with van der Waals surface area (Å²) in [7, 11) is 0. The third-order valence-corrected chi connectivity index (χ3v) is 3.10. The molecule has 86 valence electrons. The van der Waals surface area contributed by atoms with Crippen molar-refractivity contribution >= 4 is 11.4 Å². The zero-order valence-electron chi connectivity index (χ0n) is 14.7. The normalized spacial score (nSPS) is 22.9. The van der Waals surface area contributed by atoms with Crippen molar-refractivity contribution in [1.82, 2.24) is 14.9 Å². The van der Waals surface area contributed by atoms with E-state index in [1.54, 1.807) is 20.8 Å². The Morgan fingerprint density at radius 1 is 1.53 bits per heavy atom. The second-order valence-electron chi connectivity index (χ2n) is 3.99. The molecule has 1 aromatic rings. The molecule has 0 bridgehead atoms. The molecule has 0 aliphatic heterocycles. The monoisotopic (exact) mass is 237 g/mol. The van der Waals surface area contributed by atoms with Crippen molar-refractivity contribution in [2.45, 2.75) is 44.8 Å².